The third-order valence-electron chi connectivity index (χ3n) is 5.47. The zero-order chi connectivity index (χ0) is 24.5. The Bertz CT molecular complexity index is 1330. The van der Waals surface area contributed by atoms with E-state index in [9.17, 15) is 9.90 Å². The standard InChI is InChI=1S/C24H26N8O2/c1-14(25-28-23(34)17-8-6-16(7-9-17)22-26-30-31-27-22)19-21(33)20(32(5)29-19)15-10-12-18(13-11-15)24(2,3)4/h6-13,33H,1-5H3,(H,28,34)(H,26,27,30,31)/b25-14+. The van der Waals surface area contributed by atoms with Crippen molar-refractivity contribution in [3.63, 3.8) is 0 Å². The third-order valence-corrected chi connectivity index (χ3v) is 5.47. The first-order valence-corrected chi connectivity index (χ1v) is 10.7. The number of aromatic amines is 1. The molecule has 0 spiro atoms. The van der Waals surface area contributed by atoms with Gasteiger partial charge in [0.25, 0.3) is 5.91 Å². The summed E-state index contributed by atoms with van der Waals surface area (Å²) in [6.45, 7) is 8.13. The van der Waals surface area contributed by atoms with Crippen LogP contribution in [0.5, 0.6) is 5.75 Å². The minimum atomic E-state index is -0.396. The summed E-state index contributed by atoms with van der Waals surface area (Å²) < 4.78 is 1.61. The van der Waals surface area contributed by atoms with Crippen molar-refractivity contribution in [3.8, 4) is 28.4 Å². The molecule has 10 nitrogen and oxygen atoms in total. The average molecular weight is 459 g/mol. The molecule has 1 amide bonds. The molecule has 2 heterocycles. The number of hydrazone groups is 1. The fourth-order valence-corrected chi connectivity index (χ4v) is 3.52. The zero-order valence-electron chi connectivity index (χ0n) is 19.7. The number of benzene rings is 2. The molecular formula is C24H26N8O2. The first-order chi connectivity index (χ1) is 16.1. The molecule has 2 aromatic carbocycles. The third kappa shape index (κ3) is 4.56. The van der Waals surface area contributed by atoms with Crippen molar-refractivity contribution in [1.82, 2.24) is 35.8 Å². The Morgan fingerprint density at radius 2 is 1.71 bits per heavy atom. The van der Waals surface area contributed by atoms with Crippen molar-refractivity contribution in [2.45, 2.75) is 33.1 Å². The van der Waals surface area contributed by atoms with Crippen molar-refractivity contribution in [2.24, 2.45) is 12.1 Å². The lowest BCUT2D eigenvalue weighted by molar-refractivity contribution is 0.0955. The summed E-state index contributed by atoms with van der Waals surface area (Å²) in [4.78, 5) is 12.5. The van der Waals surface area contributed by atoms with E-state index in [4.69, 9.17) is 0 Å². The lowest BCUT2D eigenvalue weighted by atomic mass is 9.86. The van der Waals surface area contributed by atoms with Gasteiger partial charge in [0.15, 0.2) is 11.4 Å². The summed E-state index contributed by atoms with van der Waals surface area (Å²) in [7, 11) is 1.76. The molecule has 0 aliphatic rings. The SMILES string of the molecule is C/C(=N\NC(=O)c1ccc(-c2nn[nH]n2)cc1)c1nn(C)c(-c2ccc(C(C)(C)C)cc2)c1O. The Kier molecular flexibility index (Phi) is 5.97. The van der Waals surface area contributed by atoms with E-state index in [1.165, 1.54) is 5.56 Å². The van der Waals surface area contributed by atoms with E-state index in [0.717, 1.165) is 11.1 Å². The molecule has 0 radical (unpaired) electrons. The monoisotopic (exact) mass is 458 g/mol. The van der Waals surface area contributed by atoms with Crippen molar-refractivity contribution >= 4 is 11.6 Å². The first-order valence-electron chi connectivity index (χ1n) is 10.7. The molecule has 0 fully saturated rings. The van der Waals surface area contributed by atoms with Gasteiger partial charge in [0.1, 0.15) is 5.69 Å². The molecule has 4 rings (SSSR count). The second-order valence-electron chi connectivity index (χ2n) is 8.95. The second kappa shape index (κ2) is 8.89. The molecule has 174 valence electrons. The van der Waals surface area contributed by atoms with E-state index in [-0.39, 0.29) is 11.2 Å². The van der Waals surface area contributed by atoms with Crippen LogP contribution in [0.15, 0.2) is 53.6 Å². The van der Waals surface area contributed by atoms with Crippen molar-refractivity contribution < 1.29 is 9.90 Å². The van der Waals surface area contributed by atoms with Gasteiger partial charge in [0, 0.05) is 23.7 Å². The fourth-order valence-electron chi connectivity index (χ4n) is 3.52. The van der Waals surface area contributed by atoms with Crippen LogP contribution in [-0.2, 0) is 12.5 Å². The van der Waals surface area contributed by atoms with Gasteiger partial charge in [0.05, 0.1) is 5.71 Å². The molecule has 0 unspecified atom stereocenters. The number of nitrogens with zero attached hydrogens (tertiary/aromatic N) is 6. The van der Waals surface area contributed by atoms with Gasteiger partial charge in [-0.15, -0.1) is 10.2 Å². The maximum Gasteiger partial charge on any atom is 0.271 e. The van der Waals surface area contributed by atoms with Crippen LogP contribution in [0, 0.1) is 0 Å². The maximum absolute atomic E-state index is 12.5. The Morgan fingerprint density at radius 1 is 1.06 bits per heavy atom. The van der Waals surface area contributed by atoms with E-state index in [1.807, 2.05) is 24.3 Å². The van der Waals surface area contributed by atoms with E-state index < -0.39 is 5.91 Å². The largest absolute Gasteiger partial charge is 0.504 e. The number of aryl methyl sites for hydroxylation is 1. The number of rotatable bonds is 5. The molecule has 4 aromatic rings. The van der Waals surface area contributed by atoms with Gasteiger partial charge in [-0.2, -0.15) is 15.4 Å². The molecule has 0 saturated heterocycles. The zero-order valence-corrected chi connectivity index (χ0v) is 19.7. The first kappa shape index (κ1) is 22.8. The van der Waals surface area contributed by atoms with Gasteiger partial charge < -0.3 is 5.11 Å². The highest BCUT2D eigenvalue weighted by Gasteiger charge is 2.20. The number of nitrogens with one attached hydrogen (secondary N) is 2. The van der Waals surface area contributed by atoms with Gasteiger partial charge >= 0.3 is 0 Å². The fraction of sp³-hybridized carbons (Fsp3) is 0.250. The van der Waals surface area contributed by atoms with Crippen LogP contribution in [0.1, 0.15) is 49.3 Å². The molecule has 2 aromatic heterocycles. The van der Waals surface area contributed by atoms with Crippen molar-refractivity contribution in [1.29, 1.82) is 0 Å². The van der Waals surface area contributed by atoms with E-state index in [1.54, 1.807) is 42.9 Å². The number of aromatic nitrogens is 6. The number of tetrazole rings is 1. The minimum Gasteiger partial charge on any atom is -0.504 e. The maximum atomic E-state index is 12.5. The van der Waals surface area contributed by atoms with Gasteiger partial charge in [-0.1, -0.05) is 57.2 Å². The number of hydrogen-bond acceptors (Lipinski definition) is 7. The Balaban J connectivity index is 1.51. The lowest BCUT2D eigenvalue weighted by Gasteiger charge is -2.19. The Hall–Kier alpha value is -4.34. The predicted octanol–water partition coefficient (Wildman–Crippen LogP) is 3.42. The molecule has 0 bridgehead atoms. The second-order valence-corrected chi connectivity index (χ2v) is 8.95. The number of H-pyrrole nitrogens is 1. The summed E-state index contributed by atoms with van der Waals surface area (Å²) in [5.41, 5.74) is 6.97. The van der Waals surface area contributed by atoms with E-state index in [0.29, 0.717) is 28.5 Å². The van der Waals surface area contributed by atoms with Crippen LogP contribution in [0.25, 0.3) is 22.6 Å². The number of amides is 1. The van der Waals surface area contributed by atoms with Crippen molar-refractivity contribution in [3.05, 3.63) is 65.4 Å². The van der Waals surface area contributed by atoms with Crippen LogP contribution < -0.4 is 5.43 Å². The van der Waals surface area contributed by atoms with Crippen LogP contribution >= 0.6 is 0 Å². The number of hydrogen-bond donors (Lipinski definition) is 3. The number of carbonyl (C=O) groups excluding carboxylic acids is 1. The molecular weight excluding hydrogens is 432 g/mol. The average Bonchev–Trinajstić information content (AvgIpc) is 3.45. The topological polar surface area (TPSA) is 134 Å². The van der Waals surface area contributed by atoms with Gasteiger partial charge in [-0.3, -0.25) is 9.48 Å². The molecule has 0 saturated carbocycles. The van der Waals surface area contributed by atoms with E-state index in [2.05, 4.69) is 57.0 Å². The summed E-state index contributed by atoms with van der Waals surface area (Å²) >= 11 is 0. The summed E-state index contributed by atoms with van der Waals surface area (Å²) in [6.07, 6.45) is 0. The van der Waals surface area contributed by atoms with E-state index >= 15 is 0 Å². The molecule has 0 atom stereocenters. The molecule has 10 heteroatoms. The summed E-state index contributed by atoms with van der Waals surface area (Å²) in [5.74, 6) is 0.0497. The van der Waals surface area contributed by atoms with Gasteiger partial charge in [0.2, 0.25) is 5.82 Å². The van der Waals surface area contributed by atoms with Gasteiger partial charge in [-0.05, 0) is 35.2 Å². The minimum absolute atomic E-state index is 0.00553. The number of carbonyl (C=O) groups is 1. The molecule has 3 N–H and O–H groups in total. The lowest BCUT2D eigenvalue weighted by Crippen LogP contribution is -2.19. The molecule has 0 aliphatic heterocycles. The van der Waals surface area contributed by atoms with Crippen LogP contribution in [0.3, 0.4) is 0 Å². The van der Waals surface area contributed by atoms with Crippen molar-refractivity contribution in [2.75, 3.05) is 0 Å². The Labute approximate surface area is 196 Å². The normalized spacial score (nSPS) is 12.1. The number of aromatic hydroxyl groups is 1. The summed E-state index contributed by atoms with van der Waals surface area (Å²) in [6, 6.07) is 14.8. The predicted molar refractivity (Wildman–Crippen MR) is 128 cm³/mol. The smallest absolute Gasteiger partial charge is 0.271 e. The van der Waals surface area contributed by atoms with Crippen LogP contribution in [0.2, 0.25) is 0 Å². The highest BCUT2D eigenvalue weighted by Crippen LogP contribution is 2.33. The summed E-state index contributed by atoms with van der Waals surface area (Å²) in [5, 5.41) is 33.1. The highest BCUT2D eigenvalue weighted by atomic mass is 16.3. The molecule has 0 aliphatic carbocycles. The van der Waals surface area contributed by atoms with Gasteiger partial charge in [-0.25, -0.2) is 5.43 Å². The highest BCUT2D eigenvalue weighted by molar-refractivity contribution is 6.02. The van der Waals surface area contributed by atoms with Crippen LogP contribution in [-0.4, -0.2) is 47.1 Å². The molecule has 34 heavy (non-hydrogen) atoms. The van der Waals surface area contributed by atoms with Crippen LogP contribution in [0.4, 0.5) is 0 Å². The quantitative estimate of drug-likeness (QED) is 0.310. The Morgan fingerprint density at radius 3 is 2.29 bits per heavy atom.